The molecule has 1 saturated heterocycles. The first-order valence-electron chi connectivity index (χ1n) is 7.09. The molecule has 7 heteroatoms. The van der Waals surface area contributed by atoms with E-state index < -0.39 is 11.6 Å². The molecule has 122 valence electrons. The fourth-order valence-electron chi connectivity index (χ4n) is 2.71. The van der Waals surface area contributed by atoms with Crippen LogP contribution in [-0.2, 0) is 16.1 Å². The molecule has 1 aliphatic rings. The summed E-state index contributed by atoms with van der Waals surface area (Å²) in [6.45, 7) is 1.23. The maximum absolute atomic E-state index is 13.7. The van der Waals surface area contributed by atoms with Crippen LogP contribution >= 0.6 is 0 Å². The van der Waals surface area contributed by atoms with Gasteiger partial charge in [0.15, 0.2) is 0 Å². The predicted octanol–water partition coefficient (Wildman–Crippen LogP) is 0.520. The van der Waals surface area contributed by atoms with Crippen LogP contribution in [0.15, 0.2) is 18.2 Å². The molecule has 0 spiro atoms. The third-order valence-electron chi connectivity index (χ3n) is 3.78. The van der Waals surface area contributed by atoms with Crippen LogP contribution in [0.5, 0.6) is 0 Å². The summed E-state index contributed by atoms with van der Waals surface area (Å²) >= 11 is 0. The van der Waals surface area contributed by atoms with Crippen LogP contribution < -0.4 is 5.32 Å². The number of benzene rings is 1. The van der Waals surface area contributed by atoms with E-state index in [4.69, 9.17) is 4.74 Å². The maximum Gasteiger partial charge on any atom is 0.246 e. The molecular formula is C15H20F2N2O3. The number of ether oxygens (including phenoxy) is 1. The van der Waals surface area contributed by atoms with Gasteiger partial charge in [-0.3, -0.25) is 9.69 Å². The molecule has 2 N–H and O–H groups in total. The van der Waals surface area contributed by atoms with E-state index in [9.17, 15) is 18.7 Å². The lowest BCUT2D eigenvalue weighted by atomic mass is 10.1. The summed E-state index contributed by atoms with van der Waals surface area (Å²) < 4.78 is 31.4. The lowest BCUT2D eigenvalue weighted by Gasteiger charge is -2.18. The van der Waals surface area contributed by atoms with Gasteiger partial charge in [0.1, 0.15) is 18.2 Å². The highest BCUT2D eigenvalue weighted by molar-refractivity contribution is 5.77. The van der Waals surface area contributed by atoms with Crippen molar-refractivity contribution in [2.45, 2.75) is 12.6 Å². The van der Waals surface area contributed by atoms with Crippen molar-refractivity contribution < 1.29 is 23.4 Å². The molecule has 0 bridgehead atoms. The lowest BCUT2D eigenvalue weighted by Crippen LogP contribution is -2.43. The van der Waals surface area contributed by atoms with Crippen LogP contribution in [0.2, 0.25) is 0 Å². The number of likely N-dealkylation sites (tertiary alicyclic amines) is 1. The second kappa shape index (κ2) is 7.62. The molecule has 5 nitrogen and oxygen atoms in total. The molecular weight excluding hydrogens is 294 g/mol. The minimum absolute atomic E-state index is 0.0404. The van der Waals surface area contributed by atoms with Gasteiger partial charge in [-0.25, -0.2) is 8.78 Å². The molecule has 0 aromatic heterocycles. The highest BCUT2D eigenvalue weighted by Gasteiger charge is 2.33. The minimum atomic E-state index is -0.611. The Hall–Kier alpha value is -1.57. The Labute approximate surface area is 127 Å². The smallest absolute Gasteiger partial charge is 0.246 e. The van der Waals surface area contributed by atoms with Crippen LogP contribution in [0.3, 0.4) is 0 Å². The van der Waals surface area contributed by atoms with E-state index in [1.54, 1.807) is 0 Å². The van der Waals surface area contributed by atoms with Crippen LogP contribution in [0, 0.1) is 17.6 Å². The van der Waals surface area contributed by atoms with E-state index in [1.807, 2.05) is 4.90 Å². The molecule has 0 radical (unpaired) electrons. The number of hydrogen-bond acceptors (Lipinski definition) is 4. The first-order chi connectivity index (χ1) is 10.5. The highest BCUT2D eigenvalue weighted by Crippen LogP contribution is 2.20. The summed E-state index contributed by atoms with van der Waals surface area (Å²) in [5, 5.41) is 12.2. The largest absolute Gasteiger partial charge is 0.396 e. The van der Waals surface area contributed by atoms with Gasteiger partial charge in [0.05, 0.1) is 0 Å². The fourth-order valence-corrected chi connectivity index (χ4v) is 2.71. The van der Waals surface area contributed by atoms with Crippen molar-refractivity contribution in [2.75, 3.05) is 33.4 Å². The molecule has 1 amide bonds. The Morgan fingerprint density at radius 1 is 1.45 bits per heavy atom. The molecule has 1 aliphatic heterocycles. The van der Waals surface area contributed by atoms with Crippen molar-refractivity contribution in [3.8, 4) is 0 Å². The van der Waals surface area contributed by atoms with Gasteiger partial charge in [-0.15, -0.1) is 0 Å². The van der Waals surface area contributed by atoms with Gasteiger partial charge in [0.25, 0.3) is 0 Å². The number of hydrogen-bond donors (Lipinski definition) is 2. The van der Waals surface area contributed by atoms with Gasteiger partial charge in [-0.2, -0.15) is 0 Å². The number of carbonyl (C=O) groups excluding carboxylic acids is 1. The average Bonchev–Trinajstić information content (AvgIpc) is 2.84. The third-order valence-corrected chi connectivity index (χ3v) is 3.78. The first-order valence-corrected chi connectivity index (χ1v) is 7.09. The van der Waals surface area contributed by atoms with Crippen molar-refractivity contribution in [1.82, 2.24) is 10.2 Å². The van der Waals surface area contributed by atoms with Crippen molar-refractivity contribution >= 4 is 5.91 Å². The van der Waals surface area contributed by atoms with E-state index >= 15 is 0 Å². The summed E-state index contributed by atoms with van der Waals surface area (Å²) in [4.78, 5) is 13.5. The Balaban J connectivity index is 1.97. The van der Waals surface area contributed by atoms with E-state index in [0.717, 1.165) is 6.07 Å². The Morgan fingerprint density at radius 2 is 2.23 bits per heavy atom. The van der Waals surface area contributed by atoms with E-state index in [1.165, 1.54) is 19.2 Å². The molecule has 2 rings (SSSR count). The van der Waals surface area contributed by atoms with Gasteiger partial charge in [-0.05, 0) is 6.07 Å². The van der Waals surface area contributed by atoms with Gasteiger partial charge >= 0.3 is 0 Å². The number of nitrogens with zero attached hydrogens (tertiary/aromatic N) is 1. The monoisotopic (exact) mass is 314 g/mol. The highest BCUT2D eigenvalue weighted by atomic mass is 19.1. The molecule has 0 saturated carbocycles. The van der Waals surface area contributed by atoms with Gasteiger partial charge in [0, 0.05) is 56.9 Å². The zero-order valence-electron chi connectivity index (χ0n) is 12.4. The van der Waals surface area contributed by atoms with Crippen molar-refractivity contribution in [1.29, 1.82) is 0 Å². The standard InChI is InChI=1S/C15H20F2N2O3/c1-22-9-15(21)18-14-7-19(6-11(14)8-20)5-10-2-3-12(16)4-13(10)17/h2-4,11,14,20H,5-9H2,1H3,(H,18,21). The SMILES string of the molecule is COCC(=O)NC1CN(Cc2ccc(F)cc2F)CC1CO. The number of rotatable bonds is 6. The summed E-state index contributed by atoms with van der Waals surface area (Å²) in [5.41, 5.74) is 0.391. The van der Waals surface area contributed by atoms with Crippen LogP contribution in [0.25, 0.3) is 0 Å². The fraction of sp³-hybridized carbons (Fsp3) is 0.533. The van der Waals surface area contributed by atoms with E-state index in [0.29, 0.717) is 25.2 Å². The number of carbonyl (C=O) groups is 1. The predicted molar refractivity (Wildman–Crippen MR) is 76.0 cm³/mol. The molecule has 1 aromatic rings. The Morgan fingerprint density at radius 3 is 2.86 bits per heavy atom. The quantitative estimate of drug-likeness (QED) is 0.804. The van der Waals surface area contributed by atoms with Crippen molar-refractivity contribution in [3.05, 3.63) is 35.4 Å². The number of aliphatic hydroxyl groups is 1. The van der Waals surface area contributed by atoms with E-state index in [-0.39, 0.29) is 31.1 Å². The molecule has 1 heterocycles. The van der Waals surface area contributed by atoms with Crippen LogP contribution in [0.1, 0.15) is 5.56 Å². The number of aliphatic hydroxyl groups excluding tert-OH is 1. The Bertz CT molecular complexity index is 528. The second-order valence-electron chi connectivity index (χ2n) is 5.48. The zero-order valence-corrected chi connectivity index (χ0v) is 12.4. The average molecular weight is 314 g/mol. The van der Waals surface area contributed by atoms with Gasteiger partial charge < -0.3 is 15.2 Å². The third kappa shape index (κ3) is 4.22. The minimum Gasteiger partial charge on any atom is -0.396 e. The number of nitrogens with one attached hydrogen (secondary N) is 1. The lowest BCUT2D eigenvalue weighted by molar-refractivity contribution is -0.125. The molecule has 1 fully saturated rings. The van der Waals surface area contributed by atoms with Crippen LogP contribution in [-0.4, -0.2) is 55.4 Å². The number of amides is 1. The number of halogens is 2. The Kier molecular flexibility index (Phi) is 5.82. The molecule has 2 unspecified atom stereocenters. The van der Waals surface area contributed by atoms with Gasteiger partial charge in [-0.1, -0.05) is 6.07 Å². The summed E-state index contributed by atoms with van der Waals surface area (Å²) in [6.07, 6.45) is 0. The summed E-state index contributed by atoms with van der Waals surface area (Å²) in [6, 6.07) is 3.27. The summed E-state index contributed by atoms with van der Waals surface area (Å²) in [5.74, 6) is -1.57. The zero-order chi connectivity index (χ0) is 16.1. The molecule has 1 aromatic carbocycles. The number of methoxy groups -OCH3 is 1. The van der Waals surface area contributed by atoms with Crippen LogP contribution in [0.4, 0.5) is 8.78 Å². The first kappa shape index (κ1) is 16.8. The molecule has 2 atom stereocenters. The molecule has 0 aliphatic carbocycles. The summed E-state index contributed by atoms with van der Waals surface area (Å²) in [7, 11) is 1.43. The normalized spacial score (nSPS) is 22.0. The van der Waals surface area contributed by atoms with Crippen molar-refractivity contribution in [3.63, 3.8) is 0 Å². The molecule has 22 heavy (non-hydrogen) atoms. The second-order valence-corrected chi connectivity index (χ2v) is 5.48. The maximum atomic E-state index is 13.7. The van der Waals surface area contributed by atoms with Crippen molar-refractivity contribution in [2.24, 2.45) is 5.92 Å². The topological polar surface area (TPSA) is 61.8 Å². The van der Waals surface area contributed by atoms with E-state index in [2.05, 4.69) is 5.32 Å². The van der Waals surface area contributed by atoms with Gasteiger partial charge in [0.2, 0.25) is 5.91 Å².